The Balaban J connectivity index is 1.29. The van der Waals surface area contributed by atoms with Gasteiger partial charge in [0.1, 0.15) is 17.1 Å². The molecule has 2 aliphatic rings. The average Bonchev–Trinajstić information content (AvgIpc) is 3.26. The van der Waals surface area contributed by atoms with Crippen molar-refractivity contribution < 1.29 is 19.0 Å². The van der Waals surface area contributed by atoms with Gasteiger partial charge in [-0.2, -0.15) is 0 Å². The fourth-order valence-electron chi connectivity index (χ4n) is 3.84. The summed E-state index contributed by atoms with van der Waals surface area (Å²) in [4.78, 5) is 19.5. The molecule has 0 spiro atoms. The van der Waals surface area contributed by atoms with E-state index in [2.05, 4.69) is 22.3 Å². The van der Waals surface area contributed by atoms with Gasteiger partial charge in [0.25, 0.3) is 5.91 Å². The maximum Gasteiger partial charge on any atom is 0.262 e. The van der Waals surface area contributed by atoms with Crippen LogP contribution >= 0.6 is 0 Å². The number of nitrogens with one attached hydrogen (secondary N) is 1. The first-order valence-corrected chi connectivity index (χ1v) is 10.2. The maximum atomic E-state index is 12.4. The first-order valence-electron chi connectivity index (χ1n) is 10.2. The van der Waals surface area contributed by atoms with E-state index in [0.29, 0.717) is 22.9 Å². The molecule has 0 radical (unpaired) electrons. The molecule has 0 atom stereocenters. The van der Waals surface area contributed by atoms with Crippen molar-refractivity contribution in [3.63, 3.8) is 0 Å². The molecular formula is C23H23N3O4. The van der Waals surface area contributed by atoms with E-state index in [-0.39, 0.29) is 19.3 Å². The monoisotopic (exact) mass is 405 g/mol. The van der Waals surface area contributed by atoms with Crippen molar-refractivity contribution >= 4 is 28.3 Å². The zero-order valence-electron chi connectivity index (χ0n) is 16.6. The van der Waals surface area contributed by atoms with Crippen molar-refractivity contribution in [2.75, 3.05) is 36.7 Å². The summed E-state index contributed by atoms with van der Waals surface area (Å²) in [6, 6.07) is 15.2. The lowest BCUT2D eigenvalue weighted by Gasteiger charge is -2.28. The van der Waals surface area contributed by atoms with Gasteiger partial charge < -0.3 is 24.4 Å². The lowest BCUT2D eigenvalue weighted by molar-refractivity contribution is -0.118. The Labute approximate surface area is 174 Å². The quantitative estimate of drug-likeness (QED) is 0.692. The second kappa shape index (κ2) is 8.10. The summed E-state index contributed by atoms with van der Waals surface area (Å²) < 4.78 is 16.5. The minimum Gasteiger partial charge on any atom is -0.481 e. The van der Waals surface area contributed by atoms with Gasteiger partial charge in [0.05, 0.1) is 0 Å². The molecule has 2 aromatic carbocycles. The van der Waals surface area contributed by atoms with E-state index in [1.54, 1.807) is 18.2 Å². The van der Waals surface area contributed by atoms with Gasteiger partial charge in [0, 0.05) is 30.2 Å². The topological polar surface area (TPSA) is 72.9 Å². The van der Waals surface area contributed by atoms with Crippen LogP contribution in [0.2, 0.25) is 0 Å². The van der Waals surface area contributed by atoms with E-state index in [9.17, 15) is 4.79 Å². The molecule has 7 heteroatoms. The number of pyridine rings is 1. The zero-order chi connectivity index (χ0) is 20.3. The number of rotatable bonds is 5. The van der Waals surface area contributed by atoms with Crippen molar-refractivity contribution in [3.8, 4) is 17.2 Å². The van der Waals surface area contributed by atoms with Gasteiger partial charge in [-0.15, -0.1) is 0 Å². The second-order valence-corrected chi connectivity index (χ2v) is 7.45. The van der Waals surface area contributed by atoms with Crippen molar-refractivity contribution in [1.82, 2.24) is 4.98 Å². The van der Waals surface area contributed by atoms with Crippen LogP contribution in [0.4, 0.5) is 11.5 Å². The number of fused-ring (bicyclic) bond motifs is 2. The lowest BCUT2D eigenvalue weighted by Crippen LogP contribution is -2.30. The number of hydrogen-bond acceptors (Lipinski definition) is 6. The molecular weight excluding hydrogens is 382 g/mol. The van der Waals surface area contributed by atoms with Gasteiger partial charge in [-0.25, -0.2) is 4.98 Å². The molecule has 1 amide bonds. The average molecular weight is 405 g/mol. The minimum absolute atomic E-state index is 0.108. The van der Waals surface area contributed by atoms with Crippen LogP contribution in [0, 0.1) is 0 Å². The van der Waals surface area contributed by atoms with E-state index in [4.69, 9.17) is 19.2 Å². The number of carbonyl (C=O) groups is 1. The third kappa shape index (κ3) is 3.83. The summed E-state index contributed by atoms with van der Waals surface area (Å²) in [6.45, 7) is 2.14. The van der Waals surface area contributed by atoms with Gasteiger partial charge in [0.2, 0.25) is 6.79 Å². The minimum atomic E-state index is -0.252. The smallest absolute Gasteiger partial charge is 0.262 e. The molecule has 3 heterocycles. The predicted molar refractivity (Wildman–Crippen MR) is 114 cm³/mol. The third-order valence-corrected chi connectivity index (χ3v) is 5.36. The molecule has 154 valence electrons. The highest BCUT2D eigenvalue weighted by Crippen LogP contribution is 2.34. The highest BCUT2D eigenvalue weighted by Gasteiger charge is 2.16. The molecule has 1 fully saturated rings. The van der Waals surface area contributed by atoms with Crippen LogP contribution in [0.5, 0.6) is 17.2 Å². The summed E-state index contributed by atoms with van der Waals surface area (Å²) >= 11 is 0. The van der Waals surface area contributed by atoms with Crippen molar-refractivity contribution in [2.24, 2.45) is 0 Å². The Morgan fingerprint density at radius 1 is 1.03 bits per heavy atom. The molecule has 0 unspecified atom stereocenters. The first kappa shape index (κ1) is 18.5. The SMILES string of the molecule is O=C(COc1cccc2ccc(N3CCCCC3)nc12)Nc1ccc2c(c1)OCO2. The van der Waals surface area contributed by atoms with E-state index in [0.717, 1.165) is 29.8 Å². The highest BCUT2D eigenvalue weighted by molar-refractivity contribution is 5.93. The molecule has 0 bridgehead atoms. The number of hydrogen-bond donors (Lipinski definition) is 1. The maximum absolute atomic E-state index is 12.4. The number of carbonyl (C=O) groups excluding carboxylic acids is 1. The van der Waals surface area contributed by atoms with Gasteiger partial charge in [-0.05, 0) is 49.6 Å². The molecule has 1 aromatic heterocycles. The van der Waals surface area contributed by atoms with Crippen molar-refractivity contribution in [3.05, 3.63) is 48.5 Å². The Kier molecular flexibility index (Phi) is 5.01. The van der Waals surface area contributed by atoms with E-state index >= 15 is 0 Å². The Bertz CT molecular complexity index is 1080. The normalized spacial score (nSPS) is 15.3. The molecule has 1 saturated heterocycles. The fourth-order valence-corrected chi connectivity index (χ4v) is 3.84. The highest BCUT2D eigenvalue weighted by atomic mass is 16.7. The molecule has 3 aromatic rings. The summed E-state index contributed by atoms with van der Waals surface area (Å²) in [5.41, 5.74) is 1.41. The molecule has 2 aliphatic heterocycles. The number of para-hydroxylation sites is 1. The first-order chi connectivity index (χ1) is 14.8. The Morgan fingerprint density at radius 3 is 2.80 bits per heavy atom. The van der Waals surface area contributed by atoms with Crippen molar-refractivity contribution in [1.29, 1.82) is 0 Å². The summed E-state index contributed by atoms with van der Waals surface area (Å²) in [5.74, 6) is 2.61. The molecule has 30 heavy (non-hydrogen) atoms. The number of benzene rings is 2. The van der Waals surface area contributed by atoms with Crippen molar-refractivity contribution in [2.45, 2.75) is 19.3 Å². The number of piperidine rings is 1. The summed E-state index contributed by atoms with van der Waals surface area (Å²) in [7, 11) is 0. The van der Waals surface area contributed by atoms with E-state index in [1.807, 2.05) is 18.2 Å². The van der Waals surface area contributed by atoms with Gasteiger partial charge in [0.15, 0.2) is 18.1 Å². The molecule has 7 nitrogen and oxygen atoms in total. The zero-order valence-corrected chi connectivity index (χ0v) is 16.6. The second-order valence-electron chi connectivity index (χ2n) is 7.45. The molecule has 1 N–H and O–H groups in total. The van der Waals surface area contributed by atoms with Crippen LogP contribution in [0.3, 0.4) is 0 Å². The molecule has 5 rings (SSSR count). The number of nitrogens with zero attached hydrogens (tertiary/aromatic N) is 2. The summed E-state index contributed by atoms with van der Waals surface area (Å²) in [5, 5.41) is 3.82. The van der Waals surface area contributed by atoms with Gasteiger partial charge in [-0.1, -0.05) is 12.1 Å². The number of anilines is 2. The standard InChI is InChI=1S/C23H23N3O4/c27-22(24-17-8-9-18-20(13-17)30-15-29-18)14-28-19-6-4-5-16-7-10-21(25-23(16)19)26-11-2-1-3-12-26/h4-10,13H,1-3,11-12,14-15H2,(H,24,27). The van der Waals surface area contributed by atoms with Gasteiger partial charge in [-0.3, -0.25) is 4.79 Å². The van der Waals surface area contributed by atoms with Crippen LogP contribution in [0.25, 0.3) is 10.9 Å². The number of ether oxygens (including phenoxy) is 3. The largest absolute Gasteiger partial charge is 0.481 e. The van der Waals surface area contributed by atoms with Crippen LogP contribution in [0.15, 0.2) is 48.5 Å². The number of aromatic nitrogens is 1. The Hall–Kier alpha value is -3.48. The fraction of sp³-hybridized carbons (Fsp3) is 0.304. The summed E-state index contributed by atoms with van der Waals surface area (Å²) in [6.07, 6.45) is 3.66. The Morgan fingerprint density at radius 2 is 1.90 bits per heavy atom. The third-order valence-electron chi connectivity index (χ3n) is 5.36. The molecule has 0 aliphatic carbocycles. The lowest BCUT2D eigenvalue weighted by atomic mass is 10.1. The van der Waals surface area contributed by atoms with Crippen LogP contribution < -0.4 is 24.4 Å². The van der Waals surface area contributed by atoms with Crippen LogP contribution in [-0.2, 0) is 4.79 Å². The number of amides is 1. The van der Waals surface area contributed by atoms with E-state index in [1.165, 1.54) is 19.3 Å². The van der Waals surface area contributed by atoms with Gasteiger partial charge >= 0.3 is 0 Å². The molecule has 0 saturated carbocycles. The predicted octanol–water partition coefficient (Wildman–Crippen LogP) is 3.97. The van der Waals surface area contributed by atoms with Crippen LogP contribution in [-0.4, -0.2) is 37.4 Å². The van der Waals surface area contributed by atoms with Crippen LogP contribution in [0.1, 0.15) is 19.3 Å². The van der Waals surface area contributed by atoms with E-state index < -0.39 is 0 Å².